The van der Waals surface area contributed by atoms with Crippen LogP contribution >= 0.6 is 0 Å². The van der Waals surface area contributed by atoms with Gasteiger partial charge in [-0.15, -0.1) is 5.54 Å². The van der Waals surface area contributed by atoms with Gasteiger partial charge >= 0.3 is 0 Å². The molecular formula is C23H33NSi. The molecule has 1 atom stereocenters. The third kappa shape index (κ3) is 3.68. The minimum Gasteiger partial charge on any atom is -0.324 e. The highest BCUT2D eigenvalue weighted by molar-refractivity contribution is 6.90. The van der Waals surface area contributed by atoms with E-state index in [2.05, 4.69) is 96.3 Å². The average Bonchev–Trinajstić information content (AvgIpc) is 2.53. The molecule has 1 unspecified atom stereocenters. The number of hydrogen-bond acceptors (Lipinski definition) is 1. The topological polar surface area (TPSA) is 26.0 Å². The number of fused-ring (bicyclic) bond motifs is 1. The summed E-state index contributed by atoms with van der Waals surface area (Å²) in [5, 5.41) is 2.47. The Bertz CT molecular complexity index is 769. The summed E-state index contributed by atoms with van der Waals surface area (Å²) in [6.07, 6.45) is 0. The minimum atomic E-state index is -1.74. The van der Waals surface area contributed by atoms with Gasteiger partial charge in [0.2, 0.25) is 0 Å². The van der Waals surface area contributed by atoms with Crippen molar-refractivity contribution in [3.05, 3.63) is 47.5 Å². The SMILES string of the molecule is CC(N)c1c(C#C[Si](C(C)C)(C(C)C)C(C)C)ccc2ccccc12. The molecule has 134 valence electrons. The van der Waals surface area contributed by atoms with Crippen molar-refractivity contribution >= 4 is 18.8 Å². The van der Waals surface area contributed by atoms with E-state index < -0.39 is 8.07 Å². The second-order valence-electron chi connectivity index (χ2n) is 8.18. The first-order valence-electron chi connectivity index (χ1n) is 9.52. The first-order valence-corrected chi connectivity index (χ1v) is 11.7. The van der Waals surface area contributed by atoms with E-state index in [9.17, 15) is 0 Å². The quantitative estimate of drug-likeness (QED) is 0.498. The summed E-state index contributed by atoms with van der Waals surface area (Å²) in [6, 6.07) is 12.8. The van der Waals surface area contributed by atoms with Crippen LogP contribution in [-0.2, 0) is 0 Å². The van der Waals surface area contributed by atoms with E-state index in [0.717, 1.165) is 5.56 Å². The molecule has 0 saturated heterocycles. The molecule has 2 aromatic carbocycles. The summed E-state index contributed by atoms with van der Waals surface area (Å²) in [7, 11) is -1.74. The van der Waals surface area contributed by atoms with Crippen LogP contribution in [0, 0.1) is 11.5 Å². The lowest BCUT2D eigenvalue weighted by Gasteiger charge is -2.38. The predicted octanol–water partition coefficient (Wildman–Crippen LogP) is 6.43. The summed E-state index contributed by atoms with van der Waals surface area (Å²) in [6.45, 7) is 16.2. The van der Waals surface area contributed by atoms with Gasteiger partial charge in [0.15, 0.2) is 0 Å². The fourth-order valence-corrected chi connectivity index (χ4v) is 9.72. The zero-order valence-electron chi connectivity index (χ0n) is 16.9. The Morgan fingerprint density at radius 2 is 1.36 bits per heavy atom. The van der Waals surface area contributed by atoms with Crippen LogP contribution in [-0.4, -0.2) is 8.07 Å². The standard InChI is InChI=1S/C23H33NSi/c1-16(2)25(17(3)4,18(5)6)15-14-21-13-12-20-10-8-9-11-22(20)23(21)19(7)24/h8-13,16-19H,24H2,1-7H3. The molecule has 0 heterocycles. The maximum Gasteiger partial charge on any atom is 0.146 e. The zero-order chi connectivity index (χ0) is 18.8. The Morgan fingerprint density at radius 1 is 0.800 bits per heavy atom. The van der Waals surface area contributed by atoms with Crippen LogP contribution in [0.25, 0.3) is 10.8 Å². The smallest absolute Gasteiger partial charge is 0.146 e. The molecule has 2 heteroatoms. The molecule has 0 aliphatic heterocycles. The van der Waals surface area contributed by atoms with Crippen molar-refractivity contribution in [2.24, 2.45) is 5.73 Å². The van der Waals surface area contributed by atoms with E-state index in [4.69, 9.17) is 5.73 Å². The molecule has 0 fully saturated rings. The van der Waals surface area contributed by atoms with Crippen LogP contribution in [0.5, 0.6) is 0 Å². The van der Waals surface area contributed by atoms with Gasteiger partial charge in [0.05, 0.1) is 0 Å². The first kappa shape index (κ1) is 19.8. The number of benzene rings is 2. The zero-order valence-corrected chi connectivity index (χ0v) is 17.9. The molecular weight excluding hydrogens is 318 g/mol. The van der Waals surface area contributed by atoms with E-state index in [-0.39, 0.29) is 6.04 Å². The van der Waals surface area contributed by atoms with Gasteiger partial charge in [0.25, 0.3) is 0 Å². The normalized spacial score (nSPS) is 13.4. The van der Waals surface area contributed by atoms with Gasteiger partial charge in [-0.05, 0) is 45.9 Å². The van der Waals surface area contributed by atoms with E-state index >= 15 is 0 Å². The Labute approximate surface area is 155 Å². The summed E-state index contributed by atoms with van der Waals surface area (Å²) >= 11 is 0. The van der Waals surface area contributed by atoms with Crippen LogP contribution in [0.2, 0.25) is 16.6 Å². The number of rotatable bonds is 4. The molecule has 0 radical (unpaired) electrons. The maximum atomic E-state index is 6.34. The lowest BCUT2D eigenvalue weighted by atomic mass is 9.95. The molecule has 0 bridgehead atoms. The van der Waals surface area contributed by atoms with E-state index in [1.54, 1.807) is 0 Å². The van der Waals surface area contributed by atoms with E-state index in [1.165, 1.54) is 16.3 Å². The minimum absolute atomic E-state index is 0.0244. The van der Waals surface area contributed by atoms with Crippen molar-refractivity contribution < 1.29 is 0 Å². The fourth-order valence-electron chi connectivity index (χ4n) is 4.50. The van der Waals surface area contributed by atoms with Crippen molar-refractivity contribution in [1.29, 1.82) is 0 Å². The van der Waals surface area contributed by atoms with Crippen LogP contribution in [0.1, 0.15) is 65.6 Å². The van der Waals surface area contributed by atoms with Crippen molar-refractivity contribution in [2.45, 2.75) is 71.1 Å². The summed E-state index contributed by atoms with van der Waals surface area (Å²) in [5.41, 5.74) is 14.4. The third-order valence-electron chi connectivity index (χ3n) is 5.71. The van der Waals surface area contributed by atoms with Crippen molar-refractivity contribution in [2.75, 3.05) is 0 Å². The lowest BCUT2D eigenvalue weighted by molar-refractivity contribution is 0.824. The molecule has 0 spiro atoms. The highest BCUT2D eigenvalue weighted by Gasteiger charge is 2.41. The van der Waals surface area contributed by atoms with Crippen molar-refractivity contribution in [3.63, 3.8) is 0 Å². The molecule has 1 nitrogen and oxygen atoms in total. The van der Waals surface area contributed by atoms with Crippen LogP contribution in [0.15, 0.2) is 36.4 Å². The molecule has 0 aromatic heterocycles. The predicted molar refractivity (Wildman–Crippen MR) is 114 cm³/mol. The Morgan fingerprint density at radius 3 is 1.88 bits per heavy atom. The molecule has 25 heavy (non-hydrogen) atoms. The van der Waals surface area contributed by atoms with Crippen LogP contribution in [0.3, 0.4) is 0 Å². The number of hydrogen-bond donors (Lipinski definition) is 1. The molecule has 0 amide bonds. The Hall–Kier alpha value is -1.56. The van der Waals surface area contributed by atoms with Gasteiger partial charge in [-0.3, -0.25) is 0 Å². The second kappa shape index (κ2) is 7.77. The molecule has 0 saturated carbocycles. The Balaban J connectivity index is 2.68. The van der Waals surface area contributed by atoms with E-state index in [1.807, 2.05) is 0 Å². The molecule has 0 aliphatic rings. The van der Waals surface area contributed by atoms with Gasteiger partial charge in [-0.25, -0.2) is 0 Å². The highest BCUT2D eigenvalue weighted by atomic mass is 28.3. The van der Waals surface area contributed by atoms with Gasteiger partial charge in [-0.1, -0.05) is 77.8 Å². The van der Waals surface area contributed by atoms with Gasteiger partial charge in [0.1, 0.15) is 8.07 Å². The summed E-state index contributed by atoms with van der Waals surface area (Å²) < 4.78 is 0. The van der Waals surface area contributed by atoms with Crippen molar-refractivity contribution in [1.82, 2.24) is 0 Å². The van der Waals surface area contributed by atoms with Gasteiger partial charge < -0.3 is 5.73 Å². The first-order chi connectivity index (χ1) is 11.7. The van der Waals surface area contributed by atoms with E-state index in [0.29, 0.717) is 16.6 Å². The molecule has 2 rings (SSSR count). The summed E-state index contributed by atoms with van der Waals surface area (Å²) in [5.74, 6) is 3.60. The average molecular weight is 352 g/mol. The third-order valence-corrected chi connectivity index (χ3v) is 12.0. The maximum absolute atomic E-state index is 6.34. The molecule has 2 aromatic rings. The summed E-state index contributed by atoms with van der Waals surface area (Å²) in [4.78, 5) is 0. The second-order valence-corrected chi connectivity index (χ2v) is 13.8. The van der Waals surface area contributed by atoms with Crippen LogP contribution in [0.4, 0.5) is 0 Å². The van der Waals surface area contributed by atoms with Gasteiger partial charge in [-0.2, -0.15) is 0 Å². The molecule has 0 aliphatic carbocycles. The largest absolute Gasteiger partial charge is 0.324 e. The molecule has 2 N–H and O–H groups in total. The lowest BCUT2D eigenvalue weighted by Crippen LogP contribution is -2.43. The van der Waals surface area contributed by atoms with Crippen molar-refractivity contribution in [3.8, 4) is 11.5 Å². The number of nitrogens with two attached hydrogens (primary N) is 1. The monoisotopic (exact) mass is 351 g/mol. The fraction of sp³-hybridized carbons (Fsp3) is 0.478. The van der Waals surface area contributed by atoms with Crippen LogP contribution < -0.4 is 5.73 Å². The van der Waals surface area contributed by atoms with Gasteiger partial charge in [0, 0.05) is 11.6 Å². The Kier molecular flexibility index (Phi) is 6.14. The highest BCUT2D eigenvalue weighted by Crippen LogP contribution is 2.41.